The van der Waals surface area contributed by atoms with Gasteiger partial charge in [-0.2, -0.15) is 4.31 Å². The maximum absolute atomic E-state index is 13.2. The molecule has 0 aliphatic carbocycles. The van der Waals surface area contributed by atoms with Gasteiger partial charge >= 0.3 is 0 Å². The predicted octanol–water partition coefficient (Wildman–Crippen LogP) is 4.10. The minimum absolute atomic E-state index is 0.113. The van der Waals surface area contributed by atoms with Crippen molar-refractivity contribution < 1.29 is 17.6 Å². The molecule has 29 heavy (non-hydrogen) atoms. The lowest BCUT2D eigenvalue weighted by Gasteiger charge is -2.35. The largest absolute Gasteiger partial charge is 0.339 e. The summed E-state index contributed by atoms with van der Waals surface area (Å²) < 4.78 is 40.4. The number of carbonyl (C=O) groups excluding carboxylic acids is 1. The number of halogens is 2. The highest BCUT2D eigenvalue weighted by Gasteiger charge is 2.35. The molecular formula is C21H24ClFN2O3S. The Morgan fingerprint density at radius 2 is 1.79 bits per heavy atom. The van der Waals surface area contributed by atoms with Crippen LogP contribution in [0.1, 0.15) is 31.4 Å². The fourth-order valence-electron chi connectivity index (χ4n) is 3.56. The van der Waals surface area contributed by atoms with Crippen molar-refractivity contribution in [3.05, 3.63) is 64.9 Å². The molecule has 5 nitrogen and oxygen atoms in total. The molecule has 2 unspecified atom stereocenters. The fraction of sp³-hybridized carbons (Fsp3) is 0.381. The Hall–Kier alpha value is -1.96. The maximum Gasteiger partial charge on any atom is 0.243 e. The van der Waals surface area contributed by atoms with Gasteiger partial charge in [-0.05, 0) is 61.7 Å². The van der Waals surface area contributed by atoms with Crippen LogP contribution >= 0.6 is 11.6 Å². The van der Waals surface area contributed by atoms with Gasteiger partial charge in [-0.15, -0.1) is 0 Å². The molecule has 0 N–H and O–H groups in total. The van der Waals surface area contributed by atoms with Gasteiger partial charge in [0.15, 0.2) is 0 Å². The van der Waals surface area contributed by atoms with Gasteiger partial charge in [0, 0.05) is 25.2 Å². The van der Waals surface area contributed by atoms with E-state index in [1.165, 1.54) is 28.6 Å². The summed E-state index contributed by atoms with van der Waals surface area (Å²) in [5, 5.41) is 0.465. The van der Waals surface area contributed by atoms with Crippen LogP contribution in [0.3, 0.4) is 0 Å². The average molecular weight is 439 g/mol. The first-order chi connectivity index (χ1) is 13.7. The smallest absolute Gasteiger partial charge is 0.243 e. The molecule has 8 heteroatoms. The van der Waals surface area contributed by atoms with Gasteiger partial charge in [0.1, 0.15) is 5.82 Å². The van der Waals surface area contributed by atoms with E-state index < -0.39 is 15.9 Å². The van der Waals surface area contributed by atoms with Gasteiger partial charge in [0.25, 0.3) is 0 Å². The minimum Gasteiger partial charge on any atom is -0.339 e. The summed E-state index contributed by atoms with van der Waals surface area (Å²) in [6.45, 7) is 2.40. The second kappa shape index (κ2) is 8.81. The molecule has 2 aromatic rings. The Labute approximate surface area is 176 Å². The molecule has 1 aliphatic rings. The van der Waals surface area contributed by atoms with Gasteiger partial charge in [0.05, 0.1) is 16.9 Å². The SMILES string of the molecule is CC(c1ccc(F)cc1)N(C)C(=O)C1CCCN(S(=O)(=O)c2ccc(Cl)cc2)C1. The normalized spacial score (nSPS) is 19.0. The first-order valence-corrected chi connectivity index (χ1v) is 11.3. The molecule has 1 fully saturated rings. The third-order valence-corrected chi connectivity index (χ3v) is 7.60. The Kier molecular flexibility index (Phi) is 6.61. The second-order valence-electron chi connectivity index (χ2n) is 7.33. The second-order valence-corrected chi connectivity index (χ2v) is 9.71. The van der Waals surface area contributed by atoms with E-state index in [2.05, 4.69) is 0 Å². The van der Waals surface area contributed by atoms with E-state index in [-0.39, 0.29) is 29.2 Å². The molecule has 1 aliphatic heterocycles. The van der Waals surface area contributed by atoms with E-state index in [4.69, 9.17) is 11.6 Å². The molecule has 3 rings (SSSR count). The molecule has 1 saturated heterocycles. The molecule has 0 saturated carbocycles. The number of benzene rings is 2. The molecule has 2 atom stereocenters. The number of nitrogens with zero attached hydrogens (tertiary/aromatic N) is 2. The summed E-state index contributed by atoms with van der Waals surface area (Å²) in [7, 11) is -1.99. The quantitative estimate of drug-likeness (QED) is 0.706. The Balaban J connectivity index is 1.73. The van der Waals surface area contributed by atoms with E-state index >= 15 is 0 Å². The monoisotopic (exact) mass is 438 g/mol. The summed E-state index contributed by atoms with van der Waals surface area (Å²) in [5.41, 5.74) is 0.823. The van der Waals surface area contributed by atoms with Crippen molar-refractivity contribution in [2.45, 2.75) is 30.7 Å². The molecule has 0 aromatic heterocycles. The molecule has 0 bridgehead atoms. The van der Waals surface area contributed by atoms with Gasteiger partial charge in [-0.1, -0.05) is 23.7 Å². The van der Waals surface area contributed by atoms with Crippen molar-refractivity contribution in [2.75, 3.05) is 20.1 Å². The zero-order chi connectivity index (χ0) is 21.2. The van der Waals surface area contributed by atoms with Crippen LogP contribution in [-0.2, 0) is 14.8 Å². The van der Waals surface area contributed by atoms with Crippen LogP contribution in [0, 0.1) is 11.7 Å². The number of rotatable bonds is 5. The Morgan fingerprint density at radius 1 is 1.17 bits per heavy atom. The third kappa shape index (κ3) is 4.79. The highest BCUT2D eigenvalue weighted by molar-refractivity contribution is 7.89. The Bertz CT molecular complexity index is 964. The number of hydrogen-bond acceptors (Lipinski definition) is 3. The topological polar surface area (TPSA) is 57.7 Å². The first kappa shape index (κ1) is 21.7. The number of hydrogen-bond donors (Lipinski definition) is 0. The van der Waals surface area contributed by atoms with Gasteiger partial charge < -0.3 is 4.90 Å². The third-order valence-electron chi connectivity index (χ3n) is 5.47. The van der Waals surface area contributed by atoms with Crippen LogP contribution in [0.15, 0.2) is 53.4 Å². The van der Waals surface area contributed by atoms with E-state index in [1.54, 1.807) is 36.2 Å². The molecule has 1 heterocycles. The van der Waals surface area contributed by atoms with Gasteiger partial charge in [-0.25, -0.2) is 12.8 Å². The van der Waals surface area contributed by atoms with E-state index in [9.17, 15) is 17.6 Å². The molecule has 2 aromatic carbocycles. The van der Waals surface area contributed by atoms with Gasteiger partial charge in [-0.3, -0.25) is 4.79 Å². The van der Waals surface area contributed by atoms with Crippen molar-refractivity contribution in [3.63, 3.8) is 0 Å². The molecule has 0 spiro atoms. The minimum atomic E-state index is -3.69. The lowest BCUT2D eigenvalue weighted by atomic mass is 9.97. The molecular weight excluding hydrogens is 415 g/mol. The zero-order valence-corrected chi connectivity index (χ0v) is 18.0. The van der Waals surface area contributed by atoms with Crippen molar-refractivity contribution in [2.24, 2.45) is 5.92 Å². The predicted molar refractivity (Wildman–Crippen MR) is 111 cm³/mol. The van der Waals surface area contributed by atoms with E-state index in [0.717, 1.165) is 5.56 Å². The standard InChI is InChI=1S/C21H24ClFN2O3S/c1-15(16-5-9-19(23)10-6-16)24(2)21(26)17-4-3-13-25(14-17)29(27,28)20-11-7-18(22)8-12-20/h5-12,15,17H,3-4,13-14H2,1-2H3. The average Bonchev–Trinajstić information content (AvgIpc) is 2.73. The first-order valence-electron chi connectivity index (χ1n) is 9.48. The number of sulfonamides is 1. The highest BCUT2D eigenvalue weighted by atomic mass is 35.5. The van der Waals surface area contributed by atoms with Crippen molar-refractivity contribution in [3.8, 4) is 0 Å². The van der Waals surface area contributed by atoms with Crippen LogP contribution in [-0.4, -0.2) is 43.7 Å². The summed E-state index contributed by atoms with van der Waals surface area (Å²) in [4.78, 5) is 14.8. The fourth-order valence-corrected chi connectivity index (χ4v) is 5.21. The number of piperidine rings is 1. The molecule has 156 valence electrons. The van der Waals surface area contributed by atoms with Crippen LogP contribution in [0.5, 0.6) is 0 Å². The van der Waals surface area contributed by atoms with E-state index in [1.807, 2.05) is 6.92 Å². The summed E-state index contributed by atoms with van der Waals surface area (Å²) in [5.74, 6) is -0.859. The number of amides is 1. The van der Waals surface area contributed by atoms with Crippen molar-refractivity contribution >= 4 is 27.5 Å². The highest BCUT2D eigenvalue weighted by Crippen LogP contribution is 2.28. The zero-order valence-electron chi connectivity index (χ0n) is 16.4. The molecule has 0 radical (unpaired) electrons. The van der Waals surface area contributed by atoms with Crippen molar-refractivity contribution in [1.82, 2.24) is 9.21 Å². The Morgan fingerprint density at radius 3 is 2.41 bits per heavy atom. The van der Waals surface area contributed by atoms with Crippen molar-refractivity contribution in [1.29, 1.82) is 0 Å². The lowest BCUT2D eigenvalue weighted by molar-refractivity contribution is -0.137. The van der Waals surface area contributed by atoms with Crippen LogP contribution in [0.25, 0.3) is 0 Å². The van der Waals surface area contributed by atoms with Gasteiger partial charge in [0.2, 0.25) is 15.9 Å². The van der Waals surface area contributed by atoms with Crippen LogP contribution < -0.4 is 0 Å². The number of carbonyl (C=O) groups is 1. The van der Waals surface area contributed by atoms with Crippen LogP contribution in [0.2, 0.25) is 5.02 Å². The summed E-state index contributed by atoms with van der Waals surface area (Å²) >= 11 is 5.86. The van der Waals surface area contributed by atoms with E-state index in [0.29, 0.717) is 24.4 Å². The van der Waals surface area contributed by atoms with Crippen LogP contribution in [0.4, 0.5) is 4.39 Å². The summed E-state index contributed by atoms with van der Waals surface area (Å²) in [6, 6.07) is 11.8. The maximum atomic E-state index is 13.2. The lowest BCUT2D eigenvalue weighted by Crippen LogP contribution is -2.46. The summed E-state index contributed by atoms with van der Waals surface area (Å²) in [6.07, 6.45) is 1.24. The molecule has 1 amide bonds.